The number of carbonyl (C=O) groups excluding carboxylic acids is 1. The first-order chi connectivity index (χ1) is 7.72. The number of unbranched alkanes of at least 4 members (excludes halogenated alkanes) is 2. The van der Waals surface area contributed by atoms with Gasteiger partial charge in [0, 0.05) is 19.6 Å². The highest BCUT2D eigenvalue weighted by atomic mass is 16.5. The van der Waals surface area contributed by atoms with Gasteiger partial charge in [0.05, 0.1) is 6.61 Å². The molecule has 0 radical (unpaired) electrons. The van der Waals surface area contributed by atoms with Crippen LogP contribution < -0.4 is 0 Å². The van der Waals surface area contributed by atoms with E-state index >= 15 is 0 Å². The van der Waals surface area contributed by atoms with Gasteiger partial charge in [-0.15, -0.1) is 0 Å². The monoisotopic (exact) mass is 232 g/mol. The third kappa shape index (κ3) is 19.1. The molecule has 0 atom stereocenters. The van der Waals surface area contributed by atoms with E-state index in [1.165, 1.54) is 25.7 Å². The van der Waals surface area contributed by atoms with E-state index in [1.807, 2.05) is 0 Å². The summed E-state index contributed by atoms with van der Waals surface area (Å²) in [5.41, 5.74) is 0. The molecule has 0 heterocycles. The molecular formula is C13H28O3. The summed E-state index contributed by atoms with van der Waals surface area (Å²) in [5, 5.41) is 0. The van der Waals surface area contributed by atoms with E-state index < -0.39 is 0 Å². The summed E-state index contributed by atoms with van der Waals surface area (Å²) in [7, 11) is 0. The lowest BCUT2D eigenvalue weighted by Crippen LogP contribution is -2.00. The quantitative estimate of drug-likeness (QED) is 0.474. The van der Waals surface area contributed by atoms with Crippen molar-refractivity contribution in [3.63, 3.8) is 0 Å². The fraction of sp³-hybridized carbons (Fsp3) is 0.923. The predicted octanol–water partition coefficient (Wildman–Crippen LogP) is 3.56. The first kappa shape index (κ1) is 17.8. The minimum atomic E-state index is -0.123. The van der Waals surface area contributed by atoms with Crippen molar-refractivity contribution < 1.29 is 14.3 Å². The van der Waals surface area contributed by atoms with Crippen LogP contribution in [0.3, 0.4) is 0 Å². The Bertz CT molecular complexity index is 129. The Labute approximate surface area is 101 Å². The first-order valence-corrected chi connectivity index (χ1v) is 6.46. The maximum atomic E-state index is 10.2. The first-order valence-electron chi connectivity index (χ1n) is 6.46. The molecule has 0 spiro atoms. The van der Waals surface area contributed by atoms with Gasteiger partial charge in [0.15, 0.2) is 0 Å². The van der Waals surface area contributed by atoms with E-state index in [0.29, 0.717) is 13.0 Å². The van der Waals surface area contributed by atoms with Gasteiger partial charge in [0.1, 0.15) is 0 Å². The Balaban J connectivity index is 0. The average Bonchev–Trinajstić information content (AvgIpc) is 2.30. The van der Waals surface area contributed by atoms with Gasteiger partial charge in [-0.3, -0.25) is 4.79 Å². The van der Waals surface area contributed by atoms with Crippen LogP contribution >= 0.6 is 0 Å². The third-order valence-corrected chi connectivity index (χ3v) is 1.88. The van der Waals surface area contributed by atoms with Crippen LogP contribution in [0, 0.1) is 0 Å². The van der Waals surface area contributed by atoms with Crippen molar-refractivity contribution in [2.24, 2.45) is 0 Å². The van der Waals surface area contributed by atoms with Crippen molar-refractivity contribution in [3.8, 4) is 0 Å². The van der Waals surface area contributed by atoms with Crippen molar-refractivity contribution in [3.05, 3.63) is 0 Å². The molecule has 0 amide bonds. The van der Waals surface area contributed by atoms with Crippen LogP contribution in [0.5, 0.6) is 0 Å². The Morgan fingerprint density at radius 1 is 0.938 bits per heavy atom. The normalized spacial score (nSPS) is 9.25. The summed E-state index contributed by atoms with van der Waals surface area (Å²) in [5.74, 6) is -0.123. The van der Waals surface area contributed by atoms with Crippen LogP contribution in [0.4, 0.5) is 0 Å². The molecule has 98 valence electrons. The van der Waals surface area contributed by atoms with Crippen LogP contribution in [0.1, 0.15) is 59.8 Å². The number of carbonyl (C=O) groups is 1. The summed E-state index contributed by atoms with van der Waals surface area (Å²) in [4.78, 5) is 10.2. The summed E-state index contributed by atoms with van der Waals surface area (Å²) >= 11 is 0. The zero-order valence-corrected chi connectivity index (χ0v) is 11.4. The lowest BCUT2D eigenvalue weighted by molar-refractivity contribution is -0.142. The van der Waals surface area contributed by atoms with Crippen molar-refractivity contribution in [1.29, 1.82) is 0 Å². The largest absolute Gasteiger partial charge is 0.466 e. The molecule has 0 aliphatic rings. The van der Waals surface area contributed by atoms with E-state index in [1.54, 1.807) is 13.8 Å². The maximum absolute atomic E-state index is 10.2. The van der Waals surface area contributed by atoms with Crippen molar-refractivity contribution >= 4 is 5.97 Å². The van der Waals surface area contributed by atoms with Crippen molar-refractivity contribution in [2.75, 3.05) is 19.8 Å². The van der Waals surface area contributed by atoms with E-state index in [0.717, 1.165) is 13.2 Å². The van der Waals surface area contributed by atoms with Crippen molar-refractivity contribution in [1.82, 2.24) is 0 Å². The number of hydrogen-bond donors (Lipinski definition) is 0. The molecule has 0 N–H and O–H groups in total. The van der Waals surface area contributed by atoms with Gasteiger partial charge in [0.2, 0.25) is 0 Å². The molecule has 0 unspecified atom stereocenters. The highest BCUT2D eigenvalue weighted by Crippen LogP contribution is 1.91. The highest BCUT2D eigenvalue weighted by Gasteiger charge is 1.91. The molecule has 0 aliphatic heterocycles. The summed E-state index contributed by atoms with van der Waals surface area (Å²) in [6, 6.07) is 0. The number of ether oxygens (including phenoxy) is 2. The Morgan fingerprint density at radius 2 is 1.44 bits per heavy atom. The van der Waals surface area contributed by atoms with E-state index in [2.05, 4.69) is 18.6 Å². The maximum Gasteiger partial charge on any atom is 0.305 e. The molecule has 0 saturated heterocycles. The van der Waals surface area contributed by atoms with Crippen LogP contribution in [-0.4, -0.2) is 25.8 Å². The minimum Gasteiger partial charge on any atom is -0.466 e. The summed E-state index contributed by atoms with van der Waals surface area (Å²) in [6.45, 7) is 10.3. The summed E-state index contributed by atoms with van der Waals surface area (Å²) in [6.07, 6.45) is 5.39. The smallest absolute Gasteiger partial charge is 0.305 e. The fourth-order valence-corrected chi connectivity index (χ4v) is 0.858. The molecule has 3 nitrogen and oxygen atoms in total. The standard InChI is InChI=1S/C8H18O.C5H10O2/c1-3-5-7-9-8-6-4-2;1-3-5(6)7-4-2/h3-8H2,1-2H3;3-4H2,1-2H3. The number of rotatable bonds is 8. The molecule has 0 fully saturated rings. The fourth-order valence-electron chi connectivity index (χ4n) is 0.858. The predicted molar refractivity (Wildman–Crippen MR) is 67.6 cm³/mol. The van der Waals surface area contributed by atoms with Crippen LogP contribution in [0.25, 0.3) is 0 Å². The Kier molecular flexibility index (Phi) is 18.8. The molecule has 0 bridgehead atoms. The van der Waals surface area contributed by atoms with Gasteiger partial charge >= 0.3 is 5.97 Å². The SMILES string of the molecule is CCCCOCCCC.CCOC(=O)CC. The van der Waals surface area contributed by atoms with E-state index in [9.17, 15) is 4.79 Å². The Hall–Kier alpha value is -0.570. The van der Waals surface area contributed by atoms with Gasteiger partial charge in [-0.2, -0.15) is 0 Å². The third-order valence-electron chi connectivity index (χ3n) is 1.88. The van der Waals surface area contributed by atoms with Crippen molar-refractivity contribution in [2.45, 2.75) is 59.8 Å². The second-order valence-electron chi connectivity index (χ2n) is 3.48. The summed E-state index contributed by atoms with van der Waals surface area (Å²) < 4.78 is 9.87. The minimum absolute atomic E-state index is 0.123. The van der Waals surface area contributed by atoms with Gasteiger partial charge in [-0.05, 0) is 19.8 Å². The van der Waals surface area contributed by atoms with E-state index in [4.69, 9.17) is 4.74 Å². The van der Waals surface area contributed by atoms with Crippen LogP contribution in [0.15, 0.2) is 0 Å². The molecule has 0 rings (SSSR count). The van der Waals surface area contributed by atoms with Gasteiger partial charge in [-0.1, -0.05) is 33.6 Å². The lowest BCUT2D eigenvalue weighted by atomic mass is 10.3. The second-order valence-corrected chi connectivity index (χ2v) is 3.48. The van der Waals surface area contributed by atoms with Crippen LogP contribution in [-0.2, 0) is 14.3 Å². The molecule has 0 aliphatic carbocycles. The zero-order chi connectivity index (χ0) is 12.6. The average molecular weight is 232 g/mol. The molecule has 3 heteroatoms. The number of esters is 1. The second kappa shape index (κ2) is 16.8. The number of hydrogen-bond acceptors (Lipinski definition) is 3. The highest BCUT2D eigenvalue weighted by molar-refractivity contribution is 5.68. The molecule has 0 aromatic heterocycles. The van der Waals surface area contributed by atoms with Gasteiger partial charge in [-0.25, -0.2) is 0 Å². The van der Waals surface area contributed by atoms with Crippen LogP contribution in [0.2, 0.25) is 0 Å². The van der Waals surface area contributed by atoms with Gasteiger partial charge in [0.25, 0.3) is 0 Å². The van der Waals surface area contributed by atoms with Gasteiger partial charge < -0.3 is 9.47 Å². The Morgan fingerprint density at radius 3 is 1.69 bits per heavy atom. The molecule has 0 aromatic rings. The molecule has 0 saturated carbocycles. The lowest BCUT2D eigenvalue weighted by Gasteiger charge is -1.99. The molecule has 0 aromatic carbocycles. The zero-order valence-electron chi connectivity index (χ0n) is 11.4. The molecule has 16 heavy (non-hydrogen) atoms. The van der Waals surface area contributed by atoms with E-state index in [-0.39, 0.29) is 5.97 Å². The molecular weight excluding hydrogens is 204 g/mol. The topological polar surface area (TPSA) is 35.5 Å².